The first-order valence-corrected chi connectivity index (χ1v) is 22.8. The fourth-order valence-electron chi connectivity index (χ4n) is 10.4. The largest absolute Gasteiger partial charge is 0.456 e. The first-order chi connectivity index (χ1) is 30.6. The number of fused-ring (bicyclic) bond motifs is 6. The van der Waals surface area contributed by atoms with E-state index in [1.807, 2.05) is 12.1 Å². The number of furan rings is 1. The van der Waals surface area contributed by atoms with Crippen LogP contribution in [0.1, 0.15) is 33.4 Å². The van der Waals surface area contributed by atoms with Crippen LogP contribution in [0.3, 0.4) is 0 Å². The highest BCUT2D eigenvalue weighted by Crippen LogP contribution is 2.41. The fraction of sp³-hybridized carbons (Fsp3) is 0.100. The molecule has 0 saturated heterocycles. The molecule has 0 fully saturated rings. The van der Waals surface area contributed by atoms with Crippen LogP contribution in [0.5, 0.6) is 0 Å². The summed E-state index contributed by atoms with van der Waals surface area (Å²) in [5.74, 6) is 0. The minimum absolute atomic E-state index is 0.900. The lowest BCUT2D eigenvalue weighted by atomic mass is 9.91. The van der Waals surface area contributed by atoms with E-state index in [4.69, 9.17) is 4.42 Å². The van der Waals surface area contributed by atoms with E-state index in [2.05, 4.69) is 226 Å². The molecule has 9 aromatic carbocycles. The number of aryl methyl sites for hydroxylation is 6. The van der Waals surface area contributed by atoms with Crippen LogP contribution in [0.2, 0.25) is 0 Å². The first kappa shape index (κ1) is 39.2. The number of nitrogens with zero attached hydrogens (tertiary/aromatic N) is 1. The second kappa shape index (κ2) is 15.3. The molecule has 11 aromatic rings. The van der Waals surface area contributed by atoms with Crippen LogP contribution in [0, 0.1) is 45.1 Å². The summed E-state index contributed by atoms with van der Waals surface area (Å²) in [6.45, 7) is 13.3. The van der Waals surface area contributed by atoms with Crippen molar-refractivity contribution in [3.8, 4) is 61.3 Å². The molecule has 2 heterocycles. The number of para-hydroxylation sites is 1. The Morgan fingerprint density at radius 1 is 0.365 bits per heavy atom. The molecule has 304 valence electrons. The van der Waals surface area contributed by atoms with E-state index >= 15 is 0 Å². The number of hydrogen-bond acceptors (Lipinski definition) is 1. The second-order valence-corrected chi connectivity index (χ2v) is 18.6. The van der Waals surface area contributed by atoms with Gasteiger partial charge in [0.15, 0.2) is 0 Å². The van der Waals surface area contributed by atoms with Crippen LogP contribution >= 0.6 is 22.6 Å². The molecule has 0 radical (unpaired) electrons. The maximum atomic E-state index is 6.26. The third-order valence-corrected chi connectivity index (χ3v) is 13.9. The van der Waals surface area contributed by atoms with E-state index in [1.165, 1.54) is 114 Å². The molecule has 0 spiro atoms. The second-order valence-electron chi connectivity index (χ2n) is 17.5. The molecule has 3 heteroatoms. The van der Waals surface area contributed by atoms with Gasteiger partial charge in [-0.05, 0) is 215 Å². The van der Waals surface area contributed by atoms with Crippen LogP contribution in [-0.4, -0.2) is 4.57 Å². The SMILES string of the molecule is Cc1cc(C)c(-c2cccc(-c3cc(-c4cccc(-c5ccc6c(c5)c5cc(-c7c(C)cc(C)cc7C)ccc5n6-c5ccc6oc7ccccc7c6c5)c4)ccc3I)c2)c(C)c1. The van der Waals surface area contributed by atoms with Gasteiger partial charge in [-0.2, -0.15) is 0 Å². The quantitative estimate of drug-likeness (QED) is 0.152. The monoisotopic (exact) mass is 923 g/mol. The molecule has 0 N–H and O–H groups in total. The predicted octanol–water partition coefficient (Wildman–Crippen LogP) is 17.5. The van der Waals surface area contributed by atoms with Crippen LogP contribution in [-0.2, 0) is 0 Å². The number of hydrogen-bond donors (Lipinski definition) is 0. The Hall–Kier alpha value is -6.69. The van der Waals surface area contributed by atoms with E-state index in [9.17, 15) is 0 Å². The minimum atomic E-state index is 0.900. The standard InChI is InChI=1S/C60H46INO/c1-35-25-37(3)59(38(4)26-35)46-14-10-13-45(30-46)50-31-43(17-21-54(50)61)41-11-9-12-42(29-41)44-18-22-55-51(32-44)52-33-47(60-39(5)27-36(2)28-40(60)6)19-23-56(52)62(55)48-20-24-58-53(34-48)49-15-7-8-16-57(49)63-58/h7-34H,1-6H3. The van der Waals surface area contributed by atoms with Crippen molar-refractivity contribution in [2.45, 2.75) is 41.5 Å². The smallest absolute Gasteiger partial charge is 0.135 e. The van der Waals surface area contributed by atoms with Gasteiger partial charge in [0, 0.05) is 30.8 Å². The summed E-state index contributed by atoms with van der Waals surface area (Å²) in [5.41, 5.74) is 25.5. The van der Waals surface area contributed by atoms with E-state index < -0.39 is 0 Å². The average molecular weight is 924 g/mol. The lowest BCUT2D eigenvalue weighted by molar-refractivity contribution is 0.669. The van der Waals surface area contributed by atoms with Crippen LogP contribution < -0.4 is 0 Å². The van der Waals surface area contributed by atoms with Gasteiger partial charge in [-0.1, -0.05) is 108 Å². The third-order valence-electron chi connectivity index (χ3n) is 13.0. The highest BCUT2D eigenvalue weighted by molar-refractivity contribution is 14.1. The zero-order chi connectivity index (χ0) is 43.1. The maximum absolute atomic E-state index is 6.26. The summed E-state index contributed by atoms with van der Waals surface area (Å²) in [7, 11) is 0. The zero-order valence-corrected chi connectivity index (χ0v) is 38.6. The summed E-state index contributed by atoms with van der Waals surface area (Å²) in [6.07, 6.45) is 0. The van der Waals surface area contributed by atoms with Crippen molar-refractivity contribution in [3.63, 3.8) is 0 Å². The topological polar surface area (TPSA) is 18.1 Å². The van der Waals surface area contributed by atoms with Crippen molar-refractivity contribution in [1.82, 2.24) is 4.57 Å². The highest BCUT2D eigenvalue weighted by atomic mass is 127. The van der Waals surface area contributed by atoms with E-state index in [0.29, 0.717) is 0 Å². The zero-order valence-electron chi connectivity index (χ0n) is 36.4. The van der Waals surface area contributed by atoms with Gasteiger partial charge in [-0.15, -0.1) is 0 Å². The lowest BCUT2D eigenvalue weighted by Gasteiger charge is -2.14. The highest BCUT2D eigenvalue weighted by Gasteiger charge is 2.18. The molecule has 0 bridgehead atoms. The first-order valence-electron chi connectivity index (χ1n) is 21.7. The van der Waals surface area contributed by atoms with Gasteiger partial charge < -0.3 is 8.98 Å². The van der Waals surface area contributed by atoms with Gasteiger partial charge in [0.2, 0.25) is 0 Å². The molecular weight excluding hydrogens is 878 g/mol. The number of aromatic nitrogens is 1. The number of halogens is 1. The molecule has 0 aliphatic rings. The molecular formula is C60H46INO. The molecule has 11 rings (SSSR count). The minimum Gasteiger partial charge on any atom is -0.456 e. The van der Waals surface area contributed by atoms with Crippen molar-refractivity contribution < 1.29 is 4.42 Å². The van der Waals surface area contributed by atoms with E-state index in [-0.39, 0.29) is 0 Å². The summed E-state index contributed by atoms with van der Waals surface area (Å²) >= 11 is 2.49. The molecule has 0 atom stereocenters. The van der Waals surface area contributed by atoms with Crippen LogP contribution in [0.4, 0.5) is 0 Å². The van der Waals surface area contributed by atoms with Crippen molar-refractivity contribution in [1.29, 1.82) is 0 Å². The Morgan fingerprint density at radius 3 is 1.52 bits per heavy atom. The van der Waals surface area contributed by atoms with Gasteiger partial charge in [-0.3, -0.25) is 0 Å². The molecule has 2 aromatic heterocycles. The Balaban J connectivity index is 1.04. The van der Waals surface area contributed by atoms with Crippen LogP contribution in [0.25, 0.3) is 105 Å². The molecule has 63 heavy (non-hydrogen) atoms. The van der Waals surface area contributed by atoms with Gasteiger partial charge in [0.1, 0.15) is 11.2 Å². The lowest BCUT2D eigenvalue weighted by Crippen LogP contribution is -1.94. The molecule has 0 unspecified atom stereocenters. The summed E-state index contributed by atoms with van der Waals surface area (Å²) in [4.78, 5) is 0. The Kier molecular flexibility index (Phi) is 9.51. The molecule has 2 nitrogen and oxygen atoms in total. The normalized spacial score (nSPS) is 11.7. The van der Waals surface area contributed by atoms with Crippen molar-refractivity contribution >= 4 is 66.3 Å². The van der Waals surface area contributed by atoms with Crippen molar-refractivity contribution in [3.05, 3.63) is 207 Å². The average Bonchev–Trinajstić information content (AvgIpc) is 3.81. The van der Waals surface area contributed by atoms with Gasteiger partial charge in [0.25, 0.3) is 0 Å². The Labute approximate surface area is 382 Å². The van der Waals surface area contributed by atoms with Gasteiger partial charge in [-0.25, -0.2) is 0 Å². The van der Waals surface area contributed by atoms with Crippen LogP contribution in [0.15, 0.2) is 174 Å². The molecule has 0 aliphatic carbocycles. The predicted molar refractivity (Wildman–Crippen MR) is 276 cm³/mol. The van der Waals surface area contributed by atoms with Gasteiger partial charge in [0.05, 0.1) is 11.0 Å². The Morgan fingerprint density at radius 2 is 0.857 bits per heavy atom. The third kappa shape index (κ3) is 6.78. The molecule has 0 amide bonds. The summed E-state index contributed by atoms with van der Waals surface area (Å²) < 4.78 is 9.92. The van der Waals surface area contributed by atoms with Gasteiger partial charge >= 0.3 is 0 Å². The fourth-order valence-corrected chi connectivity index (χ4v) is 11.1. The Bertz CT molecular complexity index is 3610. The number of rotatable bonds is 6. The van der Waals surface area contributed by atoms with Crippen molar-refractivity contribution in [2.24, 2.45) is 0 Å². The summed E-state index contributed by atoms with van der Waals surface area (Å²) in [6, 6.07) is 63.1. The molecule has 0 aliphatic heterocycles. The maximum Gasteiger partial charge on any atom is 0.135 e. The van der Waals surface area contributed by atoms with Crippen molar-refractivity contribution in [2.75, 3.05) is 0 Å². The van der Waals surface area contributed by atoms with E-state index in [0.717, 1.165) is 27.6 Å². The molecule has 0 saturated carbocycles. The van der Waals surface area contributed by atoms with E-state index in [1.54, 1.807) is 0 Å². The summed E-state index contributed by atoms with van der Waals surface area (Å²) in [5, 5.41) is 4.71. The number of benzene rings is 9.